The Labute approximate surface area is 103 Å². The van der Waals surface area contributed by atoms with Crippen LogP contribution in [0.25, 0.3) is 0 Å². The largest absolute Gasteiger partial charge is 0.323 e. The van der Waals surface area contributed by atoms with Gasteiger partial charge in [0, 0.05) is 11.6 Å². The molecule has 1 unspecified atom stereocenters. The Morgan fingerprint density at radius 1 is 1.75 bits per heavy atom. The number of thioether (sulfide) groups is 1. The summed E-state index contributed by atoms with van der Waals surface area (Å²) in [6.07, 6.45) is 1.56. The average Bonchev–Trinajstić information content (AvgIpc) is 2.77. The Bertz CT molecular complexity index is 407. The molecule has 2 rings (SSSR count). The predicted octanol–water partition coefficient (Wildman–Crippen LogP) is 1.64. The summed E-state index contributed by atoms with van der Waals surface area (Å²) >= 11 is 7.52. The van der Waals surface area contributed by atoms with Gasteiger partial charge in [0.1, 0.15) is 5.15 Å². The van der Waals surface area contributed by atoms with Gasteiger partial charge in [-0.15, -0.1) is 11.8 Å². The van der Waals surface area contributed by atoms with E-state index >= 15 is 0 Å². The maximum atomic E-state index is 11.8. The number of aromatic nitrogens is 1. The Morgan fingerprint density at radius 2 is 2.56 bits per heavy atom. The van der Waals surface area contributed by atoms with E-state index in [2.05, 4.69) is 15.6 Å². The lowest BCUT2D eigenvalue weighted by Gasteiger charge is -2.10. The summed E-state index contributed by atoms with van der Waals surface area (Å²) in [5, 5.41) is 6.39. The number of rotatable bonds is 2. The molecule has 1 atom stereocenters. The Kier molecular flexibility index (Phi) is 3.68. The summed E-state index contributed by atoms with van der Waals surface area (Å²) in [4.78, 5) is 15.7. The van der Waals surface area contributed by atoms with Crippen molar-refractivity contribution in [3.8, 4) is 0 Å². The zero-order valence-electron chi connectivity index (χ0n) is 8.79. The minimum absolute atomic E-state index is 0.0199. The molecule has 0 aliphatic carbocycles. The van der Waals surface area contributed by atoms with E-state index in [-0.39, 0.29) is 11.9 Å². The molecule has 1 aliphatic rings. The first kappa shape index (κ1) is 11.7. The molecule has 1 aliphatic heterocycles. The number of nitrogens with zero attached hydrogens (tertiary/aromatic N) is 1. The lowest BCUT2D eigenvalue weighted by molar-refractivity contribution is -0.117. The highest BCUT2D eigenvalue weighted by molar-refractivity contribution is 7.99. The maximum absolute atomic E-state index is 11.8. The number of nitrogens with one attached hydrogen (secondary N) is 2. The van der Waals surface area contributed by atoms with Crippen molar-refractivity contribution in [1.29, 1.82) is 0 Å². The summed E-state index contributed by atoms with van der Waals surface area (Å²) in [6, 6.07) is 1.70. The van der Waals surface area contributed by atoms with Crippen LogP contribution in [0.5, 0.6) is 0 Å². The average molecular weight is 258 g/mol. The molecule has 16 heavy (non-hydrogen) atoms. The molecule has 4 nitrogen and oxygen atoms in total. The highest BCUT2D eigenvalue weighted by Gasteiger charge is 2.22. The fourth-order valence-corrected chi connectivity index (χ4v) is 2.46. The van der Waals surface area contributed by atoms with Crippen molar-refractivity contribution in [2.24, 2.45) is 0 Å². The summed E-state index contributed by atoms with van der Waals surface area (Å²) < 4.78 is 0. The van der Waals surface area contributed by atoms with Crippen LogP contribution in [0.3, 0.4) is 0 Å². The maximum Gasteiger partial charge on any atom is 0.242 e. The SMILES string of the molecule is Cc1cc(NC(=O)C2CSCN2)cnc1Cl. The van der Waals surface area contributed by atoms with Crippen LogP contribution < -0.4 is 10.6 Å². The van der Waals surface area contributed by atoms with Crippen molar-refractivity contribution in [2.75, 3.05) is 16.9 Å². The third kappa shape index (κ3) is 2.66. The van der Waals surface area contributed by atoms with Gasteiger partial charge in [0.05, 0.1) is 17.9 Å². The lowest BCUT2D eigenvalue weighted by atomic mass is 10.2. The summed E-state index contributed by atoms with van der Waals surface area (Å²) in [6.45, 7) is 1.86. The van der Waals surface area contributed by atoms with Crippen molar-refractivity contribution in [3.05, 3.63) is 23.0 Å². The van der Waals surface area contributed by atoms with E-state index in [1.807, 2.05) is 13.0 Å². The predicted molar refractivity (Wildman–Crippen MR) is 66.9 cm³/mol. The third-order valence-electron chi connectivity index (χ3n) is 2.31. The van der Waals surface area contributed by atoms with Crippen LogP contribution in [0.15, 0.2) is 12.3 Å². The second-order valence-corrected chi connectivity index (χ2v) is 4.98. The van der Waals surface area contributed by atoms with Gasteiger partial charge in [-0.05, 0) is 18.6 Å². The Morgan fingerprint density at radius 3 is 3.19 bits per heavy atom. The molecular weight excluding hydrogens is 246 g/mol. The Hall–Kier alpha value is -0.780. The molecule has 0 radical (unpaired) electrons. The van der Waals surface area contributed by atoms with Crippen LogP contribution in [-0.4, -0.2) is 28.6 Å². The van der Waals surface area contributed by atoms with E-state index in [9.17, 15) is 4.79 Å². The van der Waals surface area contributed by atoms with E-state index in [0.717, 1.165) is 17.2 Å². The molecule has 2 N–H and O–H groups in total. The monoisotopic (exact) mass is 257 g/mol. The molecule has 1 fully saturated rings. The van der Waals surface area contributed by atoms with Crippen molar-refractivity contribution in [3.63, 3.8) is 0 Å². The second-order valence-electron chi connectivity index (χ2n) is 3.59. The van der Waals surface area contributed by atoms with E-state index < -0.39 is 0 Å². The minimum atomic E-state index is -0.110. The van der Waals surface area contributed by atoms with Gasteiger partial charge in [-0.3, -0.25) is 10.1 Å². The minimum Gasteiger partial charge on any atom is -0.323 e. The molecule has 0 bridgehead atoms. The number of hydrogen-bond donors (Lipinski definition) is 2. The summed E-state index contributed by atoms with van der Waals surface area (Å²) in [7, 11) is 0. The van der Waals surface area contributed by atoms with Gasteiger partial charge in [-0.25, -0.2) is 4.98 Å². The molecule has 86 valence electrons. The summed E-state index contributed by atoms with van der Waals surface area (Å²) in [5.74, 6) is 1.62. The third-order valence-corrected chi connectivity index (χ3v) is 3.65. The van der Waals surface area contributed by atoms with Crippen molar-refractivity contribution < 1.29 is 4.79 Å². The van der Waals surface area contributed by atoms with Gasteiger partial charge in [0.15, 0.2) is 0 Å². The fourth-order valence-electron chi connectivity index (χ4n) is 1.42. The highest BCUT2D eigenvalue weighted by atomic mass is 35.5. The first-order chi connectivity index (χ1) is 7.66. The van der Waals surface area contributed by atoms with E-state index in [1.54, 1.807) is 18.0 Å². The van der Waals surface area contributed by atoms with Crippen LogP contribution in [0.1, 0.15) is 5.56 Å². The number of anilines is 1. The van der Waals surface area contributed by atoms with E-state index in [1.165, 1.54) is 0 Å². The number of aryl methyl sites for hydroxylation is 1. The number of amides is 1. The first-order valence-electron chi connectivity index (χ1n) is 4.91. The van der Waals surface area contributed by atoms with Crippen molar-refractivity contribution in [1.82, 2.24) is 10.3 Å². The quantitative estimate of drug-likeness (QED) is 0.791. The zero-order valence-corrected chi connectivity index (χ0v) is 10.4. The van der Waals surface area contributed by atoms with Gasteiger partial charge < -0.3 is 5.32 Å². The number of carbonyl (C=O) groups is 1. The highest BCUT2D eigenvalue weighted by Crippen LogP contribution is 2.17. The number of carbonyl (C=O) groups excluding carboxylic acids is 1. The molecule has 1 saturated heterocycles. The van der Waals surface area contributed by atoms with E-state index in [0.29, 0.717) is 10.8 Å². The van der Waals surface area contributed by atoms with Crippen LogP contribution in [0, 0.1) is 6.92 Å². The van der Waals surface area contributed by atoms with Crippen molar-refractivity contribution >= 4 is 35.0 Å². The molecule has 2 heterocycles. The van der Waals surface area contributed by atoms with Crippen LogP contribution in [-0.2, 0) is 4.79 Å². The van der Waals surface area contributed by atoms with Crippen molar-refractivity contribution in [2.45, 2.75) is 13.0 Å². The van der Waals surface area contributed by atoms with Gasteiger partial charge in [-0.1, -0.05) is 11.6 Å². The van der Waals surface area contributed by atoms with Crippen LogP contribution in [0.4, 0.5) is 5.69 Å². The van der Waals surface area contributed by atoms with E-state index in [4.69, 9.17) is 11.6 Å². The standard InChI is InChI=1S/C10H12ClN3OS/c1-6-2-7(3-12-9(6)11)14-10(15)8-4-16-5-13-8/h2-3,8,13H,4-5H2,1H3,(H,14,15). The van der Waals surface area contributed by atoms with Gasteiger partial charge in [0.25, 0.3) is 0 Å². The topological polar surface area (TPSA) is 54.0 Å². The fraction of sp³-hybridized carbons (Fsp3) is 0.400. The molecule has 0 saturated carbocycles. The molecule has 1 amide bonds. The number of pyridine rings is 1. The van der Waals surface area contributed by atoms with Gasteiger partial charge >= 0.3 is 0 Å². The molecule has 6 heteroatoms. The lowest BCUT2D eigenvalue weighted by Crippen LogP contribution is -2.37. The molecule has 1 aromatic rings. The normalized spacial score (nSPS) is 19.8. The van der Waals surface area contributed by atoms with Gasteiger partial charge in [-0.2, -0.15) is 0 Å². The van der Waals surface area contributed by atoms with Crippen LogP contribution >= 0.6 is 23.4 Å². The first-order valence-corrected chi connectivity index (χ1v) is 6.44. The zero-order chi connectivity index (χ0) is 11.5. The molecule has 1 aromatic heterocycles. The molecular formula is C10H12ClN3OS. The Balaban J connectivity index is 2.02. The summed E-state index contributed by atoms with van der Waals surface area (Å²) in [5.41, 5.74) is 1.54. The van der Waals surface area contributed by atoms with Crippen LogP contribution in [0.2, 0.25) is 5.15 Å². The van der Waals surface area contributed by atoms with Gasteiger partial charge in [0.2, 0.25) is 5.91 Å². The smallest absolute Gasteiger partial charge is 0.242 e. The second kappa shape index (κ2) is 5.03. The number of hydrogen-bond acceptors (Lipinski definition) is 4. The number of halogens is 1. The molecule has 0 spiro atoms. The molecule has 0 aromatic carbocycles.